The van der Waals surface area contributed by atoms with Gasteiger partial charge in [0.1, 0.15) is 5.58 Å². The highest BCUT2D eigenvalue weighted by Gasteiger charge is 2.38. The third kappa shape index (κ3) is 4.43. The van der Waals surface area contributed by atoms with Crippen molar-refractivity contribution in [1.82, 2.24) is 0 Å². The molecule has 1 heterocycles. The van der Waals surface area contributed by atoms with Crippen molar-refractivity contribution in [3.8, 4) is 33.4 Å². The predicted octanol–water partition coefficient (Wildman–Crippen LogP) is 13.8. The predicted molar refractivity (Wildman–Crippen MR) is 214 cm³/mol. The molecule has 1 aliphatic rings. The monoisotopic (exact) mass is 653 g/mol. The van der Waals surface area contributed by atoms with Gasteiger partial charge in [-0.2, -0.15) is 0 Å². The van der Waals surface area contributed by atoms with E-state index in [0.29, 0.717) is 0 Å². The van der Waals surface area contributed by atoms with Crippen LogP contribution < -0.4 is 4.90 Å². The van der Waals surface area contributed by atoms with Crippen LogP contribution in [0.15, 0.2) is 180 Å². The van der Waals surface area contributed by atoms with Crippen molar-refractivity contribution in [3.05, 3.63) is 187 Å². The van der Waals surface area contributed by atoms with Crippen LogP contribution in [0.3, 0.4) is 0 Å². The van der Waals surface area contributed by atoms with Crippen molar-refractivity contribution in [3.63, 3.8) is 0 Å². The molecule has 10 rings (SSSR count). The minimum Gasteiger partial charge on any atom is -0.454 e. The largest absolute Gasteiger partial charge is 0.454 e. The van der Waals surface area contributed by atoms with Gasteiger partial charge in [0.15, 0.2) is 5.58 Å². The Bertz CT molecular complexity index is 2780. The van der Waals surface area contributed by atoms with E-state index in [1.165, 1.54) is 49.7 Å². The summed E-state index contributed by atoms with van der Waals surface area (Å²) in [6, 6.07) is 63.5. The first kappa shape index (κ1) is 29.5. The molecule has 1 aromatic heterocycles. The number of anilines is 3. The van der Waals surface area contributed by atoms with Gasteiger partial charge in [0, 0.05) is 27.3 Å². The molecule has 51 heavy (non-hydrogen) atoms. The van der Waals surface area contributed by atoms with Crippen molar-refractivity contribution in [1.29, 1.82) is 0 Å². The van der Waals surface area contributed by atoms with E-state index >= 15 is 0 Å². The fourth-order valence-corrected chi connectivity index (χ4v) is 8.53. The maximum atomic E-state index is 6.97. The second kappa shape index (κ2) is 11.3. The van der Waals surface area contributed by atoms with Gasteiger partial charge in [-0.05, 0) is 68.4 Å². The Morgan fingerprint density at radius 2 is 1.02 bits per heavy atom. The lowest BCUT2D eigenvalue weighted by Crippen LogP contribution is -2.16. The van der Waals surface area contributed by atoms with Crippen LogP contribution in [0.5, 0.6) is 0 Å². The van der Waals surface area contributed by atoms with E-state index in [1.54, 1.807) is 0 Å². The number of furan rings is 1. The zero-order chi connectivity index (χ0) is 34.1. The molecule has 0 saturated carbocycles. The average molecular weight is 654 g/mol. The Morgan fingerprint density at radius 1 is 0.431 bits per heavy atom. The van der Waals surface area contributed by atoms with Crippen LogP contribution in [0.25, 0.3) is 66.1 Å². The molecule has 9 aromatic rings. The molecule has 2 heteroatoms. The van der Waals surface area contributed by atoms with E-state index in [1.807, 2.05) is 0 Å². The van der Waals surface area contributed by atoms with E-state index in [0.717, 1.165) is 44.6 Å². The molecule has 1 aliphatic carbocycles. The van der Waals surface area contributed by atoms with Crippen molar-refractivity contribution in [2.75, 3.05) is 4.90 Å². The minimum absolute atomic E-state index is 0.140. The Kier molecular flexibility index (Phi) is 6.56. The van der Waals surface area contributed by atoms with Crippen LogP contribution in [0.2, 0.25) is 0 Å². The number of benzene rings is 8. The summed E-state index contributed by atoms with van der Waals surface area (Å²) in [4.78, 5) is 2.46. The van der Waals surface area contributed by atoms with Gasteiger partial charge in [0.25, 0.3) is 0 Å². The molecule has 0 bridgehead atoms. The maximum absolute atomic E-state index is 6.97. The standard InChI is InChI=1S/C49H35NO/c1-49(2)40-26-10-8-22-38(40)47-41(49)27-15-29-43(47)50(42-28-11-9-21-37(42)36-24-12-19-32-18-6-7-20-34(32)36)44-30-13-25-39-46-35(33-16-4-3-5-17-33)23-14-31-45(46)51-48(39)44/h3-31H,1-2H3. The minimum atomic E-state index is -0.140. The smallest absolute Gasteiger partial charge is 0.159 e. The molecule has 0 spiro atoms. The number of para-hydroxylation sites is 2. The molecule has 0 fully saturated rings. The van der Waals surface area contributed by atoms with Crippen molar-refractivity contribution in [2.45, 2.75) is 19.3 Å². The van der Waals surface area contributed by atoms with E-state index in [2.05, 4.69) is 195 Å². The molecule has 0 saturated heterocycles. The number of nitrogens with zero attached hydrogens (tertiary/aromatic N) is 1. The van der Waals surface area contributed by atoms with E-state index < -0.39 is 0 Å². The lowest BCUT2D eigenvalue weighted by molar-refractivity contribution is 0.660. The number of fused-ring (bicyclic) bond motifs is 7. The Labute approximate surface area is 297 Å². The van der Waals surface area contributed by atoms with Gasteiger partial charge in [0.2, 0.25) is 0 Å². The van der Waals surface area contributed by atoms with Crippen LogP contribution >= 0.6 is 0 Å². The number of hydrogen-bond acceptors (Lipinski definition) is 2. The van der Waals surface area contributed by atoms with E-state index in [4.69, 9.17) is 4.42 Å². The molecule has 242 valence electrons. The van der Waals surface area contributed by atoms with Gasteiger partial charge in [-0.15, -0.1) is 0 Å². The van der Waals surface area contributed by atoms with Crippen LogP contribution in [-0.2, 0) is 5.41 Å². The Morgan fingerprint density at radius 3 is 1.92 bits per heavy atom. The van der Waals surface area contributed by atoms with Gasteiger partial charge in [-0.25, -0.2) is 0 Å². The number of rotatable bonds is 5. The Balaban J connectivity index is 1.31. The molecule has 2 nitrogen and oxygen atoms in total. The normalized spacial score (nSPS) is 13.1. The van der Waals surface area contributed by atoms with Crippen LogP contribution in [0, 0.1) is 0 Å². The first-order valence-corrected chi connectivity index (χ1v) is 17.7. The SMILES string of the molecule is CC1(C)c2ccccc2-c2c(N(c3ccccc3-c3cccc4ccccc34)c3cccc4c3oc3cccc(-c5ccccc5)c34)cccc21. The van der Waals surface area contributed by atoms with Crippen LogP contribution in [0.1, 0.15) is 25.0 Å². The van der Waals surface area contributed by atoms with Crippen molar-refractivity contribution in [2.24, 2.45) is 0 Å². The summed E-state index contributed by atoms with van der Waals surface area (Å²) in [5.41, 5.74) is 14.8. The molecule has 0 aliphatic heterocycles. The molecular weight excluding hydrogens is 619 g/mol. The summed E-state index contributed by atoms with van der Waals surface area (Å²) in [6.45, 7) is 4.70. The summed E-state index contributed by atoms with van der Waals surface area (Å²) >= 11 is 0. The van der Waals surface area contributed by atoms with Gasteiger partial charge in [-0.3, -0.25) is 0 Å². The third-order valence-electron chi connectivity index (χ3n) is 10.9. The zero-order valence-electron chi connectivity index (χ0n) is 28.6. The summed E-state index contributed by atoms with van der Waals surface area (Å²) in [6.07, 6.45) is 0. The van der Waals surface area contributed by atoms with Crippen molar-refractivity contribution >= 4 is 49.8 Å². The maximum Gasteiger partial charge on any atom is 0.159 e. The molecule has 0 N–H and O–H groups in total. The quantitative estimate of drug-likeness (QED) is 0.184. The van der Waals surface area contributed by atoms with Crippen LogP contribution in [0.4, 0.5) is 17.1 Å². The van der Waals surface area contributed by atoms with Gasteiger partial charge < -0.3 is 9.32 Å². The van der Waals surface area contributed by atoms with Gasteiger partial charge in [0.05, 0.1) is 17.1 Å². The first-order valence-electron chi connectivity index (χ1n) is 17.7. The van der Waals surface area contributed by atoms with E-state index in [9.17, 15) is 0 Å². The van der Waals surface area contributed by atoms with Gasteiger partial charge >= 0.3 is 0 Å². The molecule has 8 aromatic carbocycles. The lowest BCUT2D eigenvalue weighted by Gasteiger charge is -2.30. The summed E-state index contributed by atoms with van der Waals surface area (Å²) in [5.74, 6) is 0. The summed E-state index contributed by atoms with van der Waals surface area (Å²) in [5, 5.41) is 4.68. The zero-order valence-corrected chi connectivity index (χ0v) is 28.6. The topological polar surface area (TPSA) is 16.4 Å². The highest BCUT2D eigenvalue weighted by molar-refractivity contribution is 6.16. The van der Waals surface area contributed by atoms with Gasteiger partial charge in [-0.1, -0.05) is 166 Å². The molecule has 0 atom stereocenters. The molecule has 0 unspecified atom stereocenters. The second-order valence-electron chi connectivity index (χ2n) is 14.1. The number of hydrogen-bond donors (Lipinski definition) is 0. The third-order valence-corrected chi connectivity index (χ3v) is 10.9. The van der Waals surface area contributed by atoms with Crippen molar-refractivity contribution < 1.29 is 4.42 Å². The van der Waals surface area contributed by atoms with E-state index in [-0.39, 0.29) is 5.41 Å². The fourth-order valence-electron chi connectivity index (χ4n) is 8.53. The summed E-state index contributed by atoms with van der Waals surface area (Å²) < 4.78 is 6.97. The Hall–Kier alpha value is -6.38. The average Bonchev–Trinajstić information content (AvgIpc) is 3.68. The summed E-state index contributed by atoms with van der Waals surface area (Å²) in [7, 11) is 0. The fraction of sp³-hybridized carbons (Fsp3) is 0.0612. The molecule has 0 amide bonds. The first-order chi connectivity index (χ1) is 25.1. The highest BCUT2D eigenvalue weighted by Crippen LogP contribution is 2.56. The van der Waals surface area contributed by atoms with Crippen LogP contribution in [-0.4, -0.2) is 0 Å². The molecular formula is C49H35NO. The lowest BCUT2D eigenvalue weighted by atomic mass is 9.82. The second-order valence-corrected chi connectivity index (χ2v) is 14.1. The molecule has 0 radical (unpaired) electrons. The highest BCUT2D eigenvalue weighted by atomic mass is 16.3.